The van der Waals surface area contributed by atoms with Crippen molar-refractivity contribution < 1.29 is 4.79 Å². The minimum absolute atomic E-state index is 0.0714. The van der Waals surface area contributed by atoms with Crippen LogP contribution in [0.2, 0.25) is 0 Å². The predicted octanol–water partition coefficient (Wildman–Crippen LogP) is 3.51. The topological polar surface area (TPSA) is 48.1 Å². The van der Waals surface area contributed by atoms with Crippen LogP contribution in [-0.4, -0.2) is 42.0 Å². The van der Waals surface area contributed by atoms with E-state index in [4.69, 9.17) is 0 Å². The summed E-state index contributed by atoms with van der Waals surface area (Å²) in [6.07, 6.45) is 7.13. The molecule has 1 fully saturated rings. The highest BCUT2D eigenvalue weighted by Gasteiger charge is 2.21. The van der Waals surface area contributed by atoms with Gasteiger partial charge in [-0.1, -0.05) is 19.1 Å². The quantitative estimate of drug-likeness (QED) is 0.895. The summed E-state index contributed by atoms with van der Waals surface area (Å²) in [5.41, 5.74) is 4.61. The Kier molecular flexibility index (Phi) is 4.80. The van der Waals surface area contributed by atoms with Gasteiger partial charge in [-0.05, 0) is 75.7 Å². The number of benzene rings is 1. The molecule has 2 N–H and O–H groups in total. The van der Waals surface area contributed by atoms with Crippen molar-refractivity contribution in [3.8, 4) is 0 Å². The maximum Gasteiger partial charge on any atom is 0.253 e. The smallest absolute Gasteiger partial charge is 0.253 e. The van der Waals surface area contributed by atoms with Gasteiger partial charge in [0.2, 0.25) is 0 Å². The van der Waals surface area contributed by atoms with E-state index in [2.05, 4.69) is 28.2 Å². The molecule has 0 saturated carbocycles. The molecule has 0 atom stereocenters. The van der Waals surface area contributed by atoms with Gasteiger partial charge >= 0.3 is 0 Å². The normalized spacial score (nSPS) is 19.1. The molecule has 2 heterocycles. The Balaban J connectivity index is 1.46. The number of amides is 1. The lowest BCUT2D eigenvalue weighted by Crippen LogP contribution is -2.38. The summed E-state index contributed by atoms with van der Waals surface area (Å²) >= 11 is 0. The number of H-pyrrole nitrogens is 1. The molecule has 4 nitrogen and oxygen atoms in total. The van der Waals surface area contributed by atoms with Crippen molar-refractivity contribution in [2.45, 2.75) is 45.4 Å². The number of carbonyl (C=O) groups is 1. The molecule has 1 aromatic heterocycles. The first-order valence-corrected chi connectivity index (χ1v) is 9.89. The first-order chi connectivity index (χ1) is 12.3. The van der Waals surface area contributed by atoms with E-state index in [0.29, 0.717) is 5.92 Å². The molecule has 0 spiro atoms. The largest absolute Gasteiger partial charge is 0.358 e. The molecule has 0 unspecified atom stereocenters. The third kappa shape index (κ3) is 3.32. The molecule has 4 rings (SSSR count). The fourth-order valence-electron chi connectivity index (χ4n) is 4.46. The molecule has 1 amide bonds. The highest BCUT2D eigenvalue weighted by Crippen LogP contribution is 2.30. The van der Waals surface area contributed by atoms with Gasteiger partial charge < -0.3 is 15.2 Å². The summed E-state index contributed by atoms with van der Waals surface area (Å²) in [4.78, 5) is 18.8. The number of aryl methyl sites for hydroxylation is 2. The highest BCUT2D eigenvalue weighted by atomic mass is 16.1. The molecule has 0 radical (unpaired) electrons. The molecule has 1 saturated heterocycles. The van der Waals surface area contributed by atoms with Crippen molar-refractivity contribution >= 4 is 16.8 Å². The van der Waals surface area contributed by atoms with E-state index in [9.17, 15) is 4.79 Å². The monoisotopic (exact) mass is 339 g/mol. The van der Waals surface area contributed by atoms with Gasteiger partial charge in [-0.2, -0.15) is 0 Å². The zero-order valence-corrected chi connectivity index (χ0v) is 15.2. The Bertz CT molecular complexity index is 756. The number of para-hydroxylation sites is 1. The van der Waals surface area contributed by atoms with Crippen molar-refractivity contribution in [2.75, 3.05) is 26.2 Å². The Morgan fingerprint density at radius 1 is 1.24 bits per heavy atom. The molecule has 2 aromatic rings. The molecule has 1 aliphatic carbocycles. The maximum absolute atomic E-state index is 12.8. The second kappa shape index (κ2) is 7.20. The van der Waals surface area contributed by atoms with Crippen LogP contribution in [0, 0.1) is 5.92 Å². The molecule has 134 valence electrons. The van der Waals surface area contributed by atoms with Crippen LogP contribution < -0.4 is 5.32 Å². The van der Waals surface area contributed by atoms with Crippen LogP contribution in [0.4, 0.5) is 0 Å². The Labute approximate surface area is 150 Å². The number of rotatable bonds is 4. The number of aromatic amines is 1. The van der Waals surface area contributed by atoms with Gasteiger partial charge in [0.05, 0.1) is 11.1 Å². The van der Waals surface area contributed by atoms with Crippen LogP contribution in [0.15, 0.2) is 18.2 Å². The van der Waals surface area contributed by atoms with Crippen LogP contribution in [0.25, 0.3) is 10.9 Å². The summed E-state index contributed by atoms with van der Waals surface area (Å²) in [5, 5.41) is 4.45. The van der Waals surface area contributed by atoms with Crippen LogP contribution in [0.3, 0.4) is 0 Å². The predicted molar refractivity (Wildman–Crippen MR) is 102 cm³/mol. The lowest BCUT2D eigenvalue weighted by atomic mass is 9.95. The number of nitrogens with one attached hydrogen (secondary N) is 2. The van der Waals surface area contributed by atoms with E-state index < -0.39 is 0 Å². The van der Waals surface area contributed by atoms with E-state index in [1.54, 1.807) is 0 Å². The van der Waals surface area contributed by atoms with Gasteiger partial charge in [-0.25, -0.2) is 0 Å². The van der Waals surface area contributed by atoms with E-state index >= 15 is 0 Å². The number of carbonyl (C=O) groups excluding carboxylic acids is 1. The van der Waals surface area contributed by atoms with E-state index in [-0.39, 0.29) is 5.91 Å². The number of piperidine rings is 1. The maximum atomic E-state index is 12.8. The van der Waals surface area contributed by atoms with Crippen molar-refractivity contribution in [3.63, 3.8) is 0 Å². The minimum Gasteiger partial charge on any atom is -0.358 e. The second-order valence-electron chi connectivity index (χ2n) is 7.61. The zero-order valence-electron chi connectivity index (χ0n) is 15.2. The van der Waals surface area contributed by atoms with Crippen LogP contribution >= 0.6 is 0 Å². The first-order valence-electron chi connectivity index (χ1n) is 9.89. The Hall–Kier alpha value is -1.81. The summed E-state index contributed by atoms with van der Waals surface area (Å²) in [6, 6.07) is 6.15. The average Bonchev–Trinajstić information content (AvgIpc) is 3.05. The third-order valence-corrected chi connectivity index (χ3v) is 6.08. The number of likely N-dealkylation sites (tertiary alicyclic amines) is 1. The zero-order chi connectivity index (χ0) is 17.2. The molecule has 1 aromatic carbocycles. The number of hydrogen-bond acceptors (Lipinski definition) is 2. The molecular formula is C21H29N3O. The van der Waals surface area contributed by atoms with Crippen LogP contribution in [-0.2, 0) is 12.8 Å². The Morgan fingerprint density at radius 2 is 2.04 bits per heavy atom. The molecule has 25 heavy (non-hydrogen) atoms. The van der Waals surface area contributed by atoms with Crippen molar-refractivity contribution in [1.82, 2.24) is 15.2 Å². The highest BCUT2D eigenvalue weighted by molar-refractivity contribution is 6.06. The molecule has 0 bridgehead atoms. The molecule has 4 heteroatoms. The van der Waals surface area contributed by atoms with Crippen molar-refractivity contribution in [3.05, 3.63) is 35.0 Å². The van der Waals surface area contributed by atoms with Gasteiger partial charge in [0.25, 0.3) is 5.91 Å². The fourth-order valence-corrected chi connectivity index (χ4v) is 4.46. The fraction of sp³-hybridized carbons (Fsp3) is 0.571. The summed E-state index contributed by atoms with van der Waals surface area (Å²) in [6.45, 7) is 6.48. The standard InChI is InChI=1S/C21H29N3O/c1-2-24-12-10-15(11-13-24)14-22-21(25)18-8-5-7-17-16-6-3-4-9-19(16)23-20(17)18/h5,7-8,15,23H,2-4,6,9-14H2,1H3,(H,22,25). The molecule has 2 aliphatic rings. The summed E-state index contributed by atoms with van der Waals surface area (Å²) in [7, 11) is 0. The van der Waals surface area contributed by atoms with Gasteiger partial charge in [0, 0.05) is 17.6 Å². The van der Waals surface area contributed by atoms with Gasteiger partial charge in [-0.3, -0.25) is 4.79 Å². The molecular weight excluding hydrogens is 310 g/mol. The van der Waals surface area contributed by atoms with Gasteiger partial charge in [0.15, 0.2) is 0 Å². The summed E-state index contributed by atoms with van der Waals surface area (Å²) in [5.74, 6) is 0.685. The lowest BCUT2D eigenvalue weighted by molar-refractivity contribution is 0.0938. The van der Waals surface area contributed by atoms with E-state index in [1.807, 2.05) is 12.1 Å². The van der Waals surface area contributed by atoms with Crippen molar-refractivity contribution in [2.24, 2.45) is 5.92 Å². The third-order valence-electron chi connectivity index (χ3n) is 6.08. The van der Waals surface area contributed by atoms with Crippen molar-refractivity contribution in [1.29, 1.82) is 0 Å². The SMILES string of the molecule is CCN1CCC(CNC(=O)c2cccc3c4c([nH]c23)CCCC4)CC1. The number of hydrogen-bond donors (Lipinski definition) is 2. The molecule has 1 aliphatic heterocycles. The second-order valence-corrected chi connectivity index (χ2v) is 7.61. The summed E-state index contributed by atoms with van der Waals surface area (Å²) < 4.78 is 0. The van der Waals surface area contributed by atoms with Crippen LogP contribution in [0.5, 0.6) is 0 Å². The number of fused-ring (bicyclic) bond motifs is 3. The van der Waals surface area contributed by atoms with Gasteiger partial charge in [-0.15, -0.1) is 0 Å². The first kappa shape index (κ1) is 16.6. The van der Waals surface area contributed by atoms with E-state index in [1.165, 1.54) is 42.3 Å². The average molecular weight is 339 g/mol. The van der Waals surface area contributed by atoms with Crippen LogP contribution in [0.1, 0.15) is 54.2 Å². The number of aromatic nitrogens is 1. The van der Waals surface area contributed by atoms with Gasteiger partial charge in [0.1, 0.15) is 0 Å². The van der Waals surface area contributed by atoms with E-state index in [0.717, 1.165) is 50.1 Å². The number of nitrogens with zero attached hydrogens (tertiary/aromatic N) is 1. The lowest BCUT2D eigenvalue weighted by Gasteiger charge is -2.31. The minimum atomic E-state index is 0.0714. The Morgan fingerprint density at radius 3 is 2.84 bits per heavy atom.